The van der Waals surface area contributed by atoms with Crippen LogP contribution in [0.5, 0.6) is 0 Å². The predicted molar refractivity (Wildman–Crippen MR) is 56.8 cm³/mol. The van der Waals surface area contributed by atoms with Gasteiger partial charge in [0.1, 0.15) is 0 Å². The van der Waals surface area contributed by atoms with Crippen molar-refractivity contribution in [1.82, 2.24) is 4.90 Å². The van der Waals surface area contributed by atoms with Crippen LogP contribution >= 0.6 is 11.8 Å². The van der Waals surface area contributed by atoms with Gasteiger partial charge in [0.15, 0.2) is 0 Å². The third-order valence-corrected chi connectivity index (χ3v) is 3.12. The first-order valence-corrected chi connectivity index (χ1v) is 5.96. The molecule has 0 bridgehead atoms. The molecule has 4 heteroatoms. The fourth-order valence-electron chi connectivity index (χ4n) is 1.32. The van der Waals surface area contributed by atoms with Crippen LogP contribution in [-0.2, 0) is 4.79 Å². The fourth-order valence-corrected chi connectivity index (χ4v) is 2.23. The third-order valence-electron chi connectivity index (χ3n) is 2.18. The highest BCUT2D eigenvalue weighted by Crippen LogP contribution is 2.10. The second-order valence-corrected chi connectivity index (χ2v) is 4.73. The summed E-state index contributed by atoms with van der Waals surface area (Å²) in [5.41, 5.74) is 5.60. The molecule has 1 amide bonds. The van der Waals surface area contributed by atoms with E-state index in [0.29, 0.717) is 6.42 Å². The van der Waals surface area contributed by atoms with E-state index in [1.54, 1.807) is 0 Å². The Bertz CT molecular complexity index is 167. The van der Waals surface area contributed by atoms with Crippen molar-refractivity contribution in [1.29, 1.82) is 0 Å². The van der Waals surface area contributed by atoms with Crippen molar-refractivity contribution >= 4 is 17.7 Å². The smallest absolute Gasteiger partial charge is 0.222 e. The Kier molecular flexibility index (Phi) is 4.59. The lowest BCUT2D eigenvalue weighted by atomic mass is 10.2. The van der Waals surface area contributed by atoms with Gasteiger partial charge in [-0.2, -0.15) is 11.8 Å². The molecule has 76 valence electrons. The van der Waals surface area contributed by atoms with E-state index in [2.05, 4.69) is 0 Å². The van der Waals surface area contributed by atoms with Gasteiger partial charge in [-0.1, -0.05) is 0 Å². The largest absolute Gasteiger partial charge is 0.341 e. The average molecular weight is 202 g/mol. The van der Waals surface area contributed by atoms with Gasteiger partial charge in [-0.3, -0.25) is 4.79 Å². The van der Waals surface area contributed by atoms with Gasteiger partial charge in [0, 0.05) is 37.1 Å². The van der Waals surface area contributed by atoms with Crippen molar-refractivity contribution in [3.63, 3.8) is 0 Å². The van der Waals surface area contributed by atoms with E-state index in [0.717, 1.165) is 31.0 Å². The van der Waals surface area contributed by atoms with Gasteiger partial charge < -0.3 is 10.6 Å². The molecule has 0 aliphatic carbocycles. The highest BCUT2D eigenvalue weighted by molar-refractivity contribution is 7.99. The zero-order chi connectivity index (χ0) is 9.68. The Labute approximate surface area is 84.0 Å². The first kappa shape index (κ1) is 10.9. The van der Waals surface area contributed by atoms with Crippen LogP contribution in [-0.4, -0.2) is 41.4 Å². The summed E-state index contributed by atoms with van der Waals surface area (Å²) in [6.07, 6.45) is 1.42. The molecule has 1 aliphatic heterocycles. The molecule has 1 unspecified atom stereocenters. The molecule has 0 radical (unpaired) electrons. The van der Waals surface area contributed by atoms with Gasteiger partial charge in [0.25, 0.3) is 0 Å². The Balaban J connectivity index is 2.21. The molecule has 1 heterocycles. The van der Waals surface area contributed by atoms with Crippen LogP contribution in [0, 0.1) is 0 Å². The summed E-state index contributed by atoms with van der Waals surface area (Å²) in [7, 11) is 0. The van der Waals surface area contributed by atoms with Crippen molar-refractivity contribution < 1.29 is 4.79 Å². The second-order valence-electron chi connectivity index (χ2n) is 3.51. The molecule has 0 aromatic carbocycles. The van der Waals surface area contributed by atoms with E-state index in [-0.39, 0.29) is 11.9 Å². The van der Waals surface area contributed by atoms with Gasteiger partial charge in [-0.05, 0) is 13.3 Å². The van der Waals surface area contributed by atoms with Crippen LogP contribution in [0.15, 0.2) is 0 Å². The topological polar surface area (TPSA) is 46.3 Å². The minimum absolute atomic E-state index is 0.142. The normalized spacial score (nSPS) is 20.0. The van der Waals surface area contributed by atoms with Crippen LogP contribution in [0.2, 0.25) is 0 Å². The SMILES string of the molecule is CC(N)CCC(=O)N1CCSCC1. The Morgan fingerprint density at radius 3 is 2.69 bits per heavy atom. The third kappa shape index (κ3) is 4.00. The van der Waals surface area contributed by atoms with Crippen molar-refractivity contribution in [2.75, 3.05) is 24.6 Å². The number of hydrogen-bond acceptors (Lipinski definition) is 3. The highest BCUT2D eigenvalue weighted by Gasteiger charge is 2.16. The lowest BCUT2D eigenvalue weighted by Crippen LogP contribution is -2.38. The standard InChI is InChI=1S/C9H18N2OS/c1-8(10)2-3-9(12)11-4-6-13-7-5-11/h8H,2-7,10H2,1H3. The number of thioether (sulfide) groups is 1. The Morgan fingerprint density at radius 2 is 2.15 bits per heavy atom. The molecule has 1 atom stereocenters. The van der Waals surface area contributed by atoms with E-state index in [1.165, 1.54) is 0 Å². The summed E-state index contributed by atoms with van der Waals surface area (Å²) in [5.74, 6) is 2.45. The van der Waals surface area contributed by atoms with Crippen LogP contribution in [0.4, 0.5) is 0 Å². The zero-order valence-electron chi connectivity index (χ0n) is 8.16. The molecular formula is C9H18N2OS. The first-order valence-electron chi connectivity index (χ1n) is 4.81. The first-order chi connectivity index (χ1) is 6.20. The predicted octanol–water partition coefficient (Wildman–Crippen LogP) is 0.689. The van der Waals surface area contributed by atoms with Gasteiger partial charge in [-0.15, -0.1) is 0 Å². The highest BCUT2D eigenvalue weighted by atomic mass is 32.2. The van der Waals surface area contributed by atoms with Gasteiger partial charge in [0.05, 0.1) is 0 Å². The number of amides is 1. The summed E-state index contributed by atoms with van der Waals surface area (Å²) >= 11 is 1.92. The molecular weight excluding hydrogens is 184 g/mol. The molecule has 0 saturated carbocycles. The van der Waals surface area contributed by atoms with Gasteiger partial charge in [0.2, 0.25) is 5.91 Å². The van der Waals surface area contributed by atoms with Crippen LogP contribution in [0.3, 0.4) is 0 Å². The average Bonchev–Trinajstić information content (AvgIpc) is 2.15. The van der Waals surface area contributed by atoms with E-state index < -0.39 is 0 Å². The molecule has 1 aliphatic rings. The quantitative estimate of drug-likeness (QED) is 0.732. The lowest BCUT2D eigenvalue weighted by molar-refractivity contribution is -0.131. The monoisotopic (exact) mass is 202 g/mol. The Hall–Kier alpha value is -0.220. The van der Waals surface area contributed by atoms with E-state index in [1.807, 2.05) is 23.6 Å². The Morgan fingerprint density at radius 1 is 1.54 bits per heavy atom. The minimum Gasteiger partial charge on any atom is -0.341 e. The van der Waals surface area contributed by atoms with Crippen molar-refractivity contribution in [3.05, 3.63) is 0 Å². The number of rotatable bonds is 3. The van der Waals surface area contributed by atoms with E-state index in [4.69, 9.17) is 5.73 Å². The summed E-state index contributed by atoms with van der Waals surface area (Å²) in [6, 6.07) is 0.142. The lowest BCUT2D eigenvalue weighted by Gasteiger charge is -2.26. The summed E-state index contributed by atoms with van der Waals surface area (Å²) in [6.45, 7) is 3.78. The van der Waals surface area contributed by atoms with E-state index >= 15 is 0 Å². The second kappa shape index (κ2) is 5.50. The number of hydrogen-bond donors (Lipinski definition) is 1. The maximum Gasteiger partial charge on any atom is 0.222 e. The van der Waals surface area contributed by atoms with E-state index in [9.17, 15) is 4.79 Å². The molecule has 0 spiro atoms. The van der Waals surface area contributed by atoms with Crippen LogP contribution in [0.25, 0.3) is 0 Å². The van der Waals surface area contributed by atoms with Gasteiger partial charge >= 0.3 is 0 Å². The van der Waals surface area contributed by atoms with Crippen molar-refractivity contribution in [2.24, 2.45) is 5.73 Å². The summed E-state index contributed by atoms with van der Waals surface area (Å²) in [5, 5.41) is 0. The number of carbonyl (C=O) groups is 1. The van der Waals surface area contributed by atoms with Crippen molar-refractivity contribution in [3.8, 4) is 0 Å². The molecule has 2 N–H and O–H groups in total. The number of nitrogens with two attached hydrogens (primary N) is 1. The minimum atomic E-state index is 0.142. The maximum atomic E-state index is 11.6. The van der Waals surface area contributed by atoms with Crippen LogP contribution in [0.1, 0.15) is 19.8 Å². The maximum absolute atomic E-state index is 11.6. The fraction of sp³-hybridized carbons (Fsp3) is 0.889. The van der Waals surface area contributed by atoms with Crippen LogP contribution < -0.4 is 5.73 Å². The molecule has 1 fully saturated rings. The summed E-state index contributed by atoms with van der Waals surface area (Å²) in [4.78, 5) is 13.5. The molecule has 0 aromatic rings. The number of carbonyl (C=O) groups excluding carboxylic acids is 1. The van der Waals surface area contributed by atoms with Gasteiger partial charge in [-0.25, -0.2) is 0 Å². The molecule has 13 heavy (non-hydrogen) atoms. The zero-order valence-corrected chi connectivity index (χ0v) is 8.98. The number of nitrogens with zero attached hydrogens (tertiary/aromatic N) is 1. The van der Waals surface area contributed by atoms with Crippen molar-refractivity contribution in [2.45, 2.75) is 25.8 Å². The molecule has 3 nitrogen and oxygen atoms in total. The molecule has 1 rings (SSSR count). The summed E-state index contributed by atoms with van der Waals surface area (Å²) < 4.78 is 0. The molecule has 1 saturated heterocycles. The molecule has 0 aromatic heterocycles.